The molecule has 0 bridgehead atoms. The Morgan fingerprint density at radius 2 is 2.12 bits per heavy atom. The highest BCUT2D eigenvalue weighted by Gasteiger charge is 2.25. The lowest BCUT2D eigenvalue weighted by molar-refractivity contribution is 0.313. The van der Waals surface area contributed by atoms with Gasteiger partial charge >= 0.3 is 0 Å². The Morgan fingerprint density at radius 3 is 2.75 bits per heavy atom. The van der Waals surface area contributed by atoms with Crippen molar-refractivity contribution < 1.29 is 4.74 Å². The van der Waals surface area contributed by atoms with E-state index in [1.54, 1.807) is 0 Å². The molecule has 2 rings (SSSR count). The molecule has 88 valence electrons. The quantitative estimate of drug-likeness (QED) is 0.825. The van der Waals surface area contributed by atoms with Gasteiger partial charge in [-0.05, 0) is 29.7 Å². The summed E-state index contributed by atoms with van der Waals surface area (Å²) in [5, 5.41) is 3.45. The minimum Gasteiger partial charge on any atom is -0.491 e. The lowest BCUT2D eigenvalue weighted by atomic mass is 9.85. The van der Waals surface area contributed by atoms with Gasteiger partial charge in [-0.1, -0.05) is 33.8 Å². The fourth-order valence-electron chi connectivity index (χ4n) is 2.10. The number of nitrogens with one attached hydrogen (secondary N) is 1. The normalized spacial score (nSPS) is 19.4. The van der Waals surface area contributed by atoms with Gasteiger partial charge in [0.25, 0.3) is 0 Å². The van der Waals surface area contributed by atoms with Crippen LogP contribution in [0.5, 0.6) is 5.75 Å². The Hall–Kier alpha value is -1.02. The molecule has 1 unspecified atom stereocenters. The van der Waals surface area contributed by atoms with Gasteiger partial charge in [-0.15, -0.1) is 0 Å². The topological polar surface area (TPSA) is 21.3 Å². The highest BCUT2D eigenvalue weighted by Crippen LogP contribution is 2.35. The maximum absolute atomic E-state index is 5.67. The van der Waals surface area contributed by atoms with E-state index in [9.17, 15) is 0 Å². The Kier molecular flexibility index (Phi) is 2.94. The van der Waals surface area contributed by atoms with E-state index < -0.39 is 0 Å². The molecule has 0 aliphatic carbocycles. The predicted octanol–water partition coefficient (Wildman–Crippen LogP) is 3.03. The third-order valence-electron chi connectivity index (χ3n) is 3.11. The van der Waals surface area contributed by atoms with Gasteiger partial charge in [0.2, 0.25) is 0 Å². The van der Waals surface area contributed by atoms with Crippen LogP contribution in [0.25, 0.3) is 0 Å². The molecule has 1 aliphatic rings. The molecule has 0 saturated heterocycles. The van der Waals surface area contributed by atoms with Crippen LogP contribution in [-0.2, 0) is 5.41 Å². The van der Waals surface area contributed by atoms with Crippen molar-refractivity contribution in [3.05, 3.63) is 29.3 Å². The first-order valence-electron chi connectivity index (χ1n) is 6.03. The second-order valence-electron chi connectivity index (χ2n) is 5.42. The van der Waals surface area contributed by atoms with E-state index in [0.29, 0.717) is 6.04 Å². The maximum Gasteiger partial charge on any atom is 0.124 e. The lowest BCUT2D eigenvalue weighted by Crippen LogP contribution is -2.22. The van der Waals surface area contributed by atoms with Crippen LogP contribution in [0.3, 0.4) is 0 Å². The standard InChI is InChI=1S/C14H21NO/c1-5-15-12-9-16-13-7-6-10(8-11(12)13)14(2,3)4/h6-8,12,15H,5,9H2,1-4H3. The van der Waals surface area contributed by atoms with Crippen molar-refractivity contribution in [2.75, 3.05) is 13.2 Å². The summed E-state index contributed by atoms with van der Waals surface area (Å²) in [7, 11) is 0. The van der Waals surface area contributed by atoms with Crippen LogP contribution in [0.4, 0.5) is 0 Å². The largest absolute Gasteiger partial charge is 0.491 e. The Bertz CT molecular complexity index is 377. The number of fused-ring (bicyclic) bond motifs is 1. The van der Waals surface area contributed by atoms with Crippen molar-refractivity contribution in [1.29, 1.82) is 0 Å². The number of ether oxygens (including phenoxy) is 1. The zero-order chi connectivity index (χ0) is 11.8. The van der Waals surface area contributed by atoms with Crippen molar-refractivity contribution in [3.63, 3.8) is 0 Å². The summed E-state index contributed by atoms with van der Waals surface area (Å²) in [4.78, 5) is 0. The van der Waals surface area contributed by atoms with E-state index in [1.807, 2.05) is 0 Å². The molecule has 0 saturated carbocycles. The predicted molar refractivity (Wildman–Crippen MR) is 67.1 cm³/mol. The molecule has 0 spiro atoms. The minimum absolute atomic E-state index is 0.203. The molecule has 1 aliphatic heterocycles. The summed E-state index contributed by atoms with van der Waals surface area (Å²) in [6.07, 6.45) is 0. The lowest BCUT2D eigenvalue weighted by Gasteiger charge is -2.20. The van der Waals surface area contributed by atoms with Crippen molar-refractivity contribution in [2.24, 2.45) is 0 Å². The van der Waals surface area contributed by atoms with E-state index in [4.69, 9.17) is 4.74 Å². The van der Waals surface area contributed by atoms with Crippen LogP contribution in [0, 0.1) is 0 Å². The minimum atomic E-state index is 0.203. The van der Waals surface area contributed by atoms with E-state index in [0.717, 1.165) is 18.9 Å². The average Bonchev–Trinajstić information content (AvgIpc) is 2.60. The van der Waals surface area contributed by atoms with E-state index in [1.165, 1.54) is 11.1 Å². The summed E-state index contributed by atoms with van der Waals surface area (Å²) in [6, 6.07) is 6.93. The molecule has 1 atom stereocenters. The highest BCUT2D eigenvalue weighted by molar-refractivity contribution is 5.44. The molecule has 0 aromatic heterocycles. The van der Waals surface area contributed by atoms with Crippen LogP contribution in [0.15, 0.2) is 18.2 Å². The van der Waals surface area contributed by atoms with E-state index in [-0.39, 0.29) is 5.41 Å². The molecule has 0 radical (unpaired) electrons. The molecule has 16 heavy (non-hydrogen) atoms. The van der Waals surface area contributed by atoms with Gasteiger partial charge < -0.3 is 10.1 Å². The number of benzene rings is 1. The van der Waals surface area contributed by atoms with Crippen molar-refractivity contribution >= 4 is 0 Å². The van der Waals surface area contributed by atoms with Crippen molar-refractivity contribution in [2.45, 2.75) is 39.2 Å². The smallest absolute Gasteiger partial charge is 0.124 e. The first-order valence-corrected chi connectivity index (χ1v) is 6.03. The Balaban J connectivity index is 2.34. The monoisotopic (exact) mass is 219 g/mol. The molecule has 1 heterocycles. The summed E-state index contributed by atoms with van der Waals surface area (Å²) in [5.41, 5.74) is 2.89. The van der Waals surface area contributed by atoms with Gasteiger partial charge in [0.15, 0.2) is 0 Å². The molecule has 0 fully saturated rings. The molecule has 1 aromatic rings. The van der Waals surface area contributed by atoms with Crippen molar-refractivity contribution in [3.8, 4) is 5.75 Å². The molecule has 2 heteroatoms. The third-order valence-corrected chi connectivity index (χ3v) is 3.11. The fraction of sp³-hybridized carbons (Fsp3) is 0.571. The van der Waals surface area contributed by atoms with Crippen LogP contribution in [0.1, 0.15) is 44.9 Å². The Morgan fingerprint density at radius 1 is 1.38 bits per heavy atom. The second kappa shape index (κ2) is 4.10. The van der Waals surface area contributed by atoms with Crippen LogP contribution >= 0.6 is 0 Å². The fourth-order valence-corrected chi connectivity index (χ4v) is 2.10. The molecule has 1 aromatic carbocycles. The number of hydrogen-bond acceptors (Lipinski definition) is 2. The van der Waals surface area contributed by atoms with Crippen LogP contribution in [0.2, 0.25) is 0 Å². The summed E-state index contributed by atoms with van der Waals surface area (Å²) in [6.45, 7) is 10.6. The van der Waals surface area contributed by atoms with Crippen LogP contribution < -0.4 is 10.1 Å². The summed E-state index contributed by atoms with van der Waals surface area (Å²) < 4.78 is 5.67. The maximum atomic E-state index is 5.67. The molecule has 1 N–H and O–H groups in total. The zero-order valence-electron chi connectivity index (χ0n) is 10.6. The van der Waals surface area contributed by atoms with Gasteiger partial charge in [0.05, 0.1) is 6.04 Å². The van der Waals surface area contributed by atoms with Gasteiger partial charge in [-0.3, -0.25) is 0 Å². The van der Waals surface area contributed by atoms with E-state index in [2.05, 4.69) is 51.2 Å². The second-order valence-corrected chi connectivity index (χ2v) is 5.42. The summed E-state index contributed by atoms with van der Waals surface area (Å²) in [5.74, 6) is 1.04. The van der Waals surface area contributed by atoms with Crippen molar-refractivity contribution in [1.82, 2.24) is 5.32 Å². The number of rotatable bonds is 2. The molecular formula is C14H21NO. The molecular weight excluding hydrogens is 198 g/mol. The van der Waals surface area contributed by atoms with E-state index >= 15 is 0 Å². The number of likely N-dealkylation sites (N-methyl/N-ethyl adjacent to an activating group) is 1. The SMILES string of the molecule is CCNC1COc2ccc(C(C)(C)C)cc21. The van der Waals surface area contributed by atoms with Gasteiger partial charge in [0.1, 0.15) is 12.4 Å². The Labute approximate surface area is 98.0 Å². The zero-order valence-corrected chi connectivity index (χ0v) is 10.6. The molecule has 2 nitrogen and oxygen atoms in total. The highest BCUT2D eigenvalue weighted by atomic mass is 16.5. The summed E-state index contributed by atoms with van der Waals surface area (Å²) >= 11 is 0. The van der Waals surface area contributed by atoms with Crippen LogP contribution in [-0.4, -0.2) is 13.2 Å². The van der Waals surface area contributed by atoms with Gasteiger partial charge in [-0.2, -0.15) is 0 Å². The first-order chi connectivity index (χ1) is 7.52. The average molecular weight is 219 g/mol. The van der Waals surface area contributed by atoms with Gasteiger partial charge in [-0.25, -0.2) is 0 Å². The first kappa shape index (κ1) is 11.5. The third kappa shape index (κ3) is 2.07. The number of hydrogen-bond donors (Lipinski definition) is 1. The van der Waals surface area contributed by atoms with Gasteiger partial charge in [0, 0.05) is 5.56 Å². The molecule has 0 amide bonds.